The van der Waals surface area contributed by atoms with Crippen LogP contribution in [0.1, 0.15) is 63.0 Å². The van der Waals surface area contributed by atoms with Gasteiger partial charge in [-0.3, -0.25) is 4.79 Å². The van der Waals surface area contributed by atoms with E-state index in [4.69, 9.17) is 9.47 Å². The third-order valence-electron chi connectivity index (χ3n) is 7.74. The molecule has 1 saturated heterocycles. The number of benzene rings is 1. The average Bonchev–Trinajstić information content (AvgIpc) is 3.28. The van der Waals surface area contributed by atoms with Gasteiger partial charge in [-0.25, -0.2) is 0 Å². The van der Waals surface area contributed by atoms with Crippen LogP contribution >= 0.6 is 0 Å². The molecule has 2 saturated carbocycles. The second-order valence-electron chi connectivity index (χ2n) is 8.65. The summed E-state index contributed by atoms with van der Waals surface area (Å²) >= 11 is 0. The Labute approximate surface area is 143 Å². The zero-order valence-corrected chi connectivity index (χ0v) is 14.6. The van der Waals surface area contributed by atoms with Crippen molar-refractivity contribution in [2.24, 2.45) is 17.3 Å². The Morgan fingerprint density at radius 1 is 1.25 bits per heavy atom. The predicted octanol–water partition coefficient (Wildman–Crippen LogP) is 4.24. The Balaban J connectivity index is 1.46. The molecule has 1 spiro atoms. The maximum Gasteiger partial charge on any atom is 0.308 e. The Hall–Kier alpha value is -1.35. The zero-order valence-electron chi connectivity index (χ0n) is 14.6. The third-order valence-corrected chi connectivity index (χ3v) is 7.74. The highest BCUT2D eigenvalue weighted by Gasteiger charge is 2.68. The van der Waals surface area contributed by atoms with Crippen LogP contribution in [0.15, 0.2) is 18.2 Å². The van der Waals surface area contributed by atoms with Crippen molar-refractivity contribution in [2.45, 2.75) is 63.9 Å². The van der Waals surface area contributed by atoms with E-state index in [1.54, 1.807) is 0 Å². The van der Waals surface area contributed by atoms with Crippen molar-refractivity contribution >= 4 is 5.97 Å². The van der Waals surface area contributed by atoms with E-state index >= 15 is 0 Å². The van der Waals surface area contributed by atoms with Crippen molar-refractivity contribution in [2.75, 3.05) is 6.61 Å². The summed E-state index contributed by atoms with van der Waals surface area (Å²) in [5, 5.41) is 0. The van der Waals surface area contributed by atoms with Crippen LogP contribution < -0.4 is 4.74 Å². The summed E-state index contributed by atoms with van der Waals surface area (Å²) < 4.78 is 11.3. The molecule has 3 fully saturated rings. The van der Waals surface area contributed by atoms with E-state index in [0.717, 1.165) is 24.9 Å². The van der Waals surface area contributed by atoms with Gasteiger partial charge < -0.3 is 9.47 Å². The van der Waals surface area contributed by atoms with Crippen molar-refractivity contribution in [3.63, 3.8) is 0 Å². The molecule has 1 aromatic rings. The summed E-state index contributed by atoms with van der Waals surface area (Å²) in [6.45, 7) is 4.97. The molecular formula is C21H26O3. The molecular weight excluding hydrogens is 300 g/mol. The molecule has 5 atom stereocenters. The topological polar surface area (TPSA) is 38.8 Å². The molecule has 0 aromatic heterocycles. The number of carbonyl (C=O) groups is 1. The van der Waals surface area contributed by atoms with E-state index < -0.39 is 0 Å². The first kappa shape index (κ1) is 14.9. The first-order chi connectivity index (χ1) is 11.5. The minimum Gasteiger partial charge on any atom is -0.427 e. The predicted molar refractivity (Wildman–Crippen MR) is 91.1 cm³/mol. The van der Waals surface area contributed by atoms with E-state index in [1.807, 2.05) is 6.07 Å². The van der Waals surface area contributed by atoms with E-state index in [2.05, 4.69) is 19.1 Å². The van der Waals surface area contributed by atoms with Crippen LogP contribution in [0.5, 0.6) is 5.75 Å². The van der Waals surface area contributed by atoms with Crippen molar-refractivity contribution in [3.05, 3.63) is 29.3 Å². The van der Waals surface area contributed by atoms with Gasteiger partial charge in [0.25, 0.3) is 0 Å². The maximum absolute atomic E-state index is 11.2. The van der Waals surface area contributed by atoms with Gasteiger partial charge in [0.05, 0.1) is 12.2 Å². The highest BCUT2D eigenvalue weighted by molar-refractivity contribution is 5.69. The fraction of sp³-hybridized carbons (Fsp3) is 0.667. The number of carbonyl (C=O) groups excluding carboxylic acids is 1. The molecule has 3 aliphatic carbocycles. The van der Waals surface area contributed by atoms with Gasteiger partial charge in [0.15, 0.2) is 0 Å². The zero-order chi connectivity index (χ0) is 16.5. The smallest absolute Gasteiger partial charge is 0.308 e. The molecule has 24 heavy (non-hydrogen) atoms. The Bertz CT molecular complexity index is 705. The number of fused-ring (bicyclic) bond motifs is 6. The minimum atomic E-state index is -0.238. The summed E-state index contributed by atoms with van der Waals surface area (Å²) in [5.41, 5.74) is 3.56. The maximum atomic E-state index is 11.2. The van der Waals surface area contributed by atoms with Crippen molar-refractivity contribution in [1.29, 1.82) is 0 Å². The molecule has 4 aliphatic rings. The number of ether oxygens (including phenoxy) is 2. The second-order valence-corrected chi connectivity index (χ2v) is 8.65. The van der Waals surface area contributed by atoms with Crippen LogP contribution in [-0.2, 0) is 16.0 Å². The molecule has 128 valence electrons. The molecule has 0 unspecified atom stereocenters. The van der Waals surface area contributed by atoms with Gasteiger partial charge in [0.2, 0.25) is 0 Å². The molecule has 1 heterocycles. The lowest BCUT2D eigenvalue weighted by Crippen LogP contribution is -2.45. The molecule has 3 nitrogen and oxygen atoms in total. The van der Waals surface area contributed by atoms with Crippen molar-refractivity contribution in [1.82, 2.24) is 0 Å². The van der Waals surface area contributed by atoms with Gasteiger partial charge in [-0.2, -0.15) is 0 Å². The fourth-order valence-electron chi connectivity index (χ4n) is 6.44. The van der Waals surface area contributed by atoms with Gasteiger partial charge in [0.1, 0.15) is 5.75 Å². The third kappa shape index (κ3) is 1.91. The summed E-state index contributed by atoms with van der Waals surface area (Å²) in [6.07, 6.45) is 7.59. The van der Waals surface area contributed by atoms with E-state index in [9.17, 15) is 4.79 Å². The van der Waals surface area contributed by atoms with E-state index in [1.165, 1.54) is 50.2 Å². The molecule has 0 bridgehead atoms. The van der Waals surface area contributed by atoms with Gasteiger partial charge in [0, 0.05) is 12.3 Å². The summed E-state index contributed by atoms with van der Waals surface area (Å²) in [5.74, 6) is 2.77. The Morgan fingerprint density at radius 2 is 2.08 bits per heavy atom. The van der Waals surface area contributed by atoms with Crippen LogP contribution in [0.4, 0.5) is 0 Å². The van der Waals surface area contributed by atoms with E-state index in [0.29, 0.717) is 17.1 Å². The SMILES string of the molecule is CC(=O)Oc1ccc2c(c1)CC[C@H]1[C@H]3CC[C@@]4(CO4)[C@]3(C)CC[C@@H]21. The van der Waals surface area contributed by atoms with Gasteiger partial charge in [-0.1, -0.05) is 13.0 Å². The molecule has 1 aliphatic heterocycles. The second kappa shape index (κ2) is 4.85. The quantitative estimate of drug-likeness (QED) is 0.440. The summed E-state index contributed by atoms with van der Waals surface area (Å²) in [6, 6.07) is 6.31. The Morgan fingerprint density at radius 3 is 2.83 bits per heavy atom. The largest absolute Gasteiger partial charge is 0.427 e. The normalized spacial score (nSPS) is 42.2. The summed E-state index contributed by atoms with van der Waals surface area (Å²) in [7, 11) is 0. The number of epoxide rings is 1. The average molecular weight is 326 g/mol. The first-order valence-electron chi connectivity index (χ1n) is 9.48. The minimum absolute atomic E-state index is 0.238. The van der Waals surface area contributed by atoms with Crippen molar-refractivity contribution < 1.29 is 14.3 Å². The van der Waals surface area contributed by atoms with Gasteiger partial charge in [-0.15, -0.1) is 0 Å². The van der Waals surface area contributed by atoms with Crippen LogP contribution in [0.2, 0.25) is 0 Å². The van der Waals surface area contributed by atoms with Gasteiger partial charge in [-0.05, 0) is 79.5 Å². The lowest BCUT2D eigenvalue weighted by atomic mass is 9.54. The van der Waals surface area contributed by atoms with Gasteiger partial charge >= 0.3 is 5.97 Å². The Kier molecular flexibility index (Phi) is 3.02. The molecule has 3 heteroatoms. The molecule has 0 N–H and O–H groups in total. The highest BCUT2D eigenvalue weighted by Crippen LogP contribution is 2.68. The standard InChI is InChI=1S/C21H26O3/c1-13(22)24-15-4-6-16-14(11-15)3-5-18-17(16)7-9-20(2)19(18)8-10-21(20)12-23-21/h4,6,11,17-19H,3,5,7-10,12H2,1-2H3/t17-,18+,19+,20+,21+/m0/s1. The first-order valence-corrected chi connectivity index (χ1v) is 9.48. The van der Waals surface area contributed by atoms with Crippen LogP contribution in [0.3, 0.4) is 0 Å². The molecule has 1 aromatic carbocycles. The number of hydrogen-bond donors (Lipinski definition) is 0. The summed E-state index contributed by atoms with van der Waals surface area (Å²) in [4.78, 5) is 11.2. The monoisotopic (exact) mass is 326 g/mol. The van der Waals surface area contributed by atoms with E-state index in [-0.39, 0.29) is 11.6 Å². The molecule has 0 radical (unpaired) electrons. The highest BCUT2D eigenvalue weighted by atomic mass is 16.6. The molecule has 5 rings (SSSR count). The number of esters is 1. The van der Waals surface area contributed by atoms with Crippen LogP contribution in [0, 0.1) is 17.3 Å². The number of rotatable bonds is 1. The lowest BCUT2D eigenvalue weighted by Gasteiger charge is -2.50. The van der Waals surface area contributed by atoms with Crippen molar-refractivity contribution in [3.8, 4) is 5.75 Å². The number of aryl methyl sites for hydroxylation is 1. The fourth-order valence-corrected chi connectivity index (χ4v) is 6.44. The molecule has 0 amide bonds. The van der Waals surface area contributed by atoms with Crippen LogP contribution in [0.25, 0.3) is 0 Å². The lowest BCUT2D eigenvalue weighted by molar-refractivity contribution is -0.131. The van der Waals surface area contributed by atoms with Crippen LogP contribution in [-0.4, -0.2) is 18.2 Å². The number of hydrogen-bond acceptors (Lipinski definition) is 3.